The zero-order valence-electron chi connectivity index (χ0n) is 17.0. The van der Waals surface area contributed by atoms with Crippen molar-refractivity contribution in [2.24, 2.45) is 0 Å². The second-order valence-corrected chi connectivity index (χ2v) is 7.88. The number of nitrogens with zero attached hydrogens (tertiary/aromatic N) is 3. The van der Waals surface area contributed by atoms with Crippen molar-refractivity contribution in [1.82, 2.24) is 0 Å². The smallest absolute Gasteiger partial charge is 0.268 e. The topological polar surface area (TPSA) is 64.4 Å². The molecule has 0 unspecified atom stereocenters. The van der Waals surface area contributed by atoms with Gasteiger partial charge in [-0.2, -0.15) is 5.26 Å². The largest absolute Gasteiger partial charge is 0.370 e. The molecule has 0 aliphatic carbocycles. The first kappa shape index (κ1) is 19.1. The highest BCUT2D eigenvalue weighted by molar-refractivity contribution is 6.38. The fraction of sp³-hybridized carbons (Fsp3) is 0.192. The van der Waals surface area contributed by atoms with Crippen LogP contribution in [0.1, 0.15) is 45.5 Å². The maximum absolute atomic E-state index is 13.7. The normalized spacial score (nSPS) is 15.7. The van der Waals surface area contributed by atoms with E-state index in [9.17, 15) is 14.9 Å². The van der Waals surface area contributed by atoms with Crippen LogP contribution in [0.4, 0.5) is 11.4 Å². The molecule has 2 aliphatic rings. The summed E-state index contributed by atoms with van der Waals surface area (Å²) in [4.78, 5) is 30.7. The van der Waals surface area contributed by atoms with Gasteiger partial charge in [-0.15, -0.1) is 0 Å². The van der Waals surface area contributed by atoms with Crippen LogP contribution >= 0.6 is 0 Å². The first-order chi connectivity index (χ1) is 15.2. The second-order valence-electron chi connectivity index (χ2n) is 7.88. The van der Waals surface area contributed by atoms with Crippen LogP contribution in [-0.2, 0) is 0 Å². The molecule has 0 atom stereocenters. The number of fused-ring (bicyclic) bond motifs is 1. The number of piperidine rings is 1. The molecule has 31 heavy (non-hydrogen) atoms. The number of imide groups is 1. The number of nitriles is 1. The monoisotopic (exact) mass is 407 g/mol. The van der Waals surface area contributed by atoms with Gasteiger partial charge in [-0.3, -0.25) is 9.59 Å². The highest BCUT2D eigenvalue weighted by Crippen LogP contribution is 2.42. The van der Waals surface area contributed by atoms with E-state index in [-0.39, 0.29) is 11.8 Å². The van der Waals surface area contributed by atoms with E-state index in [0.717, 1.165) is 37.9 Å². The molecule has 5 nitrogen and oxygen atoms in total. The molecular weight excluding hydrogens is 386 g/mol. The Balaban J connectivity index is 1.79. The maximum Gasteiger partial charge on any atom is 0.268 e. The Morgan fingerprint density at radius 1 is 0.774 bits per heavy atom. The molecule has 0 N–H and O–H groups in total. The van der Waals surface area contributed by atoms with Crippen LogP contribution in [0.5, 0.6) is 0 Å². The number of para-hydroxylation sites is 1. The van der Waals surface area contributed by atoms with Crippen molar-refractivity contribution in [1.29, 1.82) is 5.26 Å². The SMILES string of the molecule is N#Cc1cc(-c2ccccc2)c2c(c1N1CCCCC1)C(=O)N(c1ccccc1)C2=O. The number of rotatable bonds is 3. The lowest BCUT2D eigenvalue weighted by Crippen LogP contribution is -2.33. The van der Waals surface area contributed by atoms with Gasteiger partial charge in [-0.25, -0.2) is 4.90 Å². The molecule has 0 saturated carbocycles. The molecular formula is C26H21N3O2. The van der Waals surface area contributed by atoms with Crippen LogP contribution in [0, 0.1) is 11.3 Å². The van der Waals surface area contributed by atoms with Crippen molar-refractivity contribution in [2.75, 3.05) is 22.9 Å². The van der Waals surface area contributed by atoms with Gasteiger partial charge in [0, 0.05) is 13.1 Å². The molecule has 3 aromatic carbocycles. The van der Waals surface area contributed by atoms with E-state index in [1.807, 2.05) is 48.5 Å². The van der Waals surface area contributed by atoms with Crippen molar-refractivity contribution >= 4 is 23.2 Å². The van der Waals surface area contributed by atoms with Crippen LogP contribution < -0.4 is 9.80 Å². The zero-order valence-corrected chi connectivity index (χ0v) is 17.0. The van der Waals surface area contributed by atoms with E-state index in [1.165, 1.54) is 4.90 Å². The first-order valence-electron chi connectivity index (χ1n) is 10.6. The lowest BCUT2D eigenvalue weighted by atomic mass is 9.91. The molecule has 2 amide bonds. The van der Waals surface area contributed by atoms with Gasteiger partial charge in [0.05, 0.1) is 28.1 Å². The Morgan fingerprint density at radius 3 is 2.03 bits per heavy atom. The molecule has 152 valence electrons. The van der Waals surface area contributed by atoms with Crippen LogP contribution in [0.2, 0.25) is 0 Å². The fourth-order valence-electron chi connectivity index (χ4n) is 4.61. The van der Waals surface area contributed by atoms with E-state index in [0.29, 0.717) is 33.6 Å². The van der Waals surface area contributed by atoms with Crippen LogP contribution in [0.25, 0.3) is 11.1 Å². The van der Waals surface area contributed by atoms with Gasteiger partial charge in [0.1, 0.15) is 6.07 Å². The molecule has 1 fully saturated rings. The molecule has 3 aromatic rings. The number of hydrogen-bond acceptors (Lipinski definition) is 4. The van der Waals surface area contributed by atoms with Crippen molar-refractivity contribution < 1.29 is 9.59 Å². The van der Waals surface area contributed by atoms with Gasteiger partial charge in [0.15, 0.2) is 0 Å². The molecule has 1 saturated heterocycles. The first-order valence-corrected chi connectivity index (χ1v) is 10.6. The van der Waals surface area contributed by atoms with E-state index < -0.39 is 0 Å². The summed E-state index contributed by atoms with van der Waals surface area (Å²) in [5, 5.41) is 10.0. The van der Waals surface area contributed by atoms with E-state index >= 15 is 0 Å². The van der Waals surface area contributed by atoms with Gasteiger partial charge in [-0.1, -0.05) is 48.5 Å². The number of amides is 2. The van der Waals surface area contributed by atoms with Crippen molar-refractivity contribution in [2.45, 2.75) is 19.3 Å². The Labute approximate surface area is 181 Å². The molecule has 5 heteroatoms. The minimum absolute atomic E-state index is 0.340. The highest BCUT2D eigenvalue weighted by Gasteiger charge is 2.43. The van der Waals surface area contributed by atoms with Gasteiger partial charge in [0.2, 0.25) is 0 Å². The Morgan fingerprint density at radius 2 is 1.39 bits per heavy atom. The quantitative estimate of drug-likeness (QED) is 0.572. The van der Waals surface area contributed by atoms with Crippen LogP contribution in [0.3, 0.4) is 0 Å². The third-order valence-electron chi connectivity index (χ3n) is 6.03. The summed E-state index contributed by atoms with van der Waals surface area (Å²) in [5.74, 6) is -0.700. The number of carbonyl (C=O) groups is 2. The van der Waals surface area contributed by atoms with E-state index in [4.69, 9.17) is 0 Å². The van der Waals surface area contributed by atoms with Gasteiger partial charge in [0.25, 0.3) is 11.8 Å². The number of anilines is 2. The number of benzene rings is 3. The van der Waals surface area contributed by atoms with Crippen LogP contribution in [-0.4, -0.2) is 24.9 Å². The summed E-state index contributed by atoms with van der Waals surface area (Å²) in [5.41, 5.74) is 3.77. The zero-order chi connectivity index (χ0) is 21.4. The average molecular weight is 407 g/mol. The maximum atomic E-state index is 13.7. The van der Waals surface area contributed by atoms with Crippen molar-refractivity contribution in [3.8, 4) is 17.2 Å². The van der Waals surface area contributed by atoms with Gasteiger partial charge in [-0.05, 0) is 48.6 Å². The van der Waals surface area contributed by atoms with Crippen LogP contribution in [0.15, 0.2) is 66.7 Å². The molecule has 0 bridgehead atoms. The lowest BCUT2D eigenvalue weighted by molar-refractivity contribution is 0.0926. The minimum Gasteiger partial charge on any atom is -0.370 e. The Bertz CT molecular complexity index is 1210. The Hall–Kier alpha value is -3.91. The van der Waals surface area contributed by atoms with Gasteiger partial charge >= 0.3 is 0 Å². The number of hydrogen-bond donors (Lipinski definition) is 0. The fourth-order valence-corrected chi connectivity index (χ4v) is 4.61. The summed E-state index contributed by atoms with van der Waals surface area (Å²) in [6.45, 7) is 1.55. The summed E-state index contributed by atoms with van der Waals surface area (Å²) < 4.78 is 0. The summed E-state index contributed by atoms with van der Waals surface area (Å²) in [6, 6.07) is 22.6. The molecule has 0 aromatic heterocycles. The molecule has 0 radical (unpaired) electrons. The standard InChI is InChI=1S/C26H21N3O2/c27-17-19-16-21(18-10-4-1-5-11-18)22-23(24(19)28-14-8-3-9-15-28)26(31)29(25(22)30)20-12-6-2-7-13-20/h1-2,4-7,10-13,16H,3,8-9,14-15H2. The molecule has 2 aliphatic heterocycles. The second kappa shape index (κ2) is 7.73. The van der Waals surface area contributed by atoms with E-state index in [2.05, 4.69) is 11.0 Å². The van der Waals surface area contributed by atoms with Crippen molar-refractivity contribution in [3.05, 3.63) is 83.4 Å². The highest BCUT2D eigenvalue weighted by atomic mass is 16.2. The molecule has 2 heterocycles. The summed E-state index contributed by atoms with van der Waals surface area (Å²) >= 11 is 0. The Kier molecular flexibility index (Phi) is 4.76. The molecule has 0 spiro atoms. The average Bonchev–Trinajstić information content (AvgIpc) is 3.10. The lowest BCUT2D eigenvalue weighted by Gasteiger charge is -2.31. The summed E-state index contributed by atoms with van der Waals surface area (Å²) in [6.07, 6.45) is 3.14. The van der Waals surface area contributed by atoms with Crippen molar-refractivity contribution in [3.63, 3.8) is 0 Å². The predicted molar refractivity (Wildman–Crippen MR) is 120 cm³/mol. The van der Waals surface area contributed by atoms with Gasteiger partial charge < -0.3 is 4.90 Å². The third kappa shape index (κ3) is 3.08. The third-order valence-corrected chi connectivity index (χ3v) is 6.03. The predicted octanol–water partition coefficient (Wildman–Crippen LogP) is 5.02. The summed E-state index contributed by atoms with van der Waals surface area (Å²) in [7, 11) is 0. The van der Waals surface area contributed by atoms with E-state index in [1.54, 1.807) is 18.2 Å². The minimum atomic E-state index is -0.360. The molecule has 5 rings (SSSR count). The number of carbonyl (C=O) groups excluding carboxylic acids is 2.